The molecule has 0 saturated heterocycles. The van der Waals surface area contributed by atoms with Crippen molar-refractivity contribution in [3.8, 4) is 0 Å². The molecule has 1 rings (SSSR count). The predicted octanol–water partition coefficient (Wildman–Crippen LogP) is 0.167. The Morgan fingerprint density at radius 3 is 2.71 bits per heavy atom. The van der Waals surface area contributed by atoms with Crippen molar-refractivity contribution in [2.24, 2.45) is 0 Å². The highest BCUT2D eigenvalue weighted by molar-refractivity contribution is 5.24. The van der Waals surface area contributed by atoms with E-state index >= 15 is 0 Å². The molecule has 78 valence electrons. The monoisotopic (exact) mass is 197 g/mol. The van der Waals surface area contributed by atoms with Crippen molar-refractivity contribution < 1.29 is 15.3 Å². The minimum atomic E-state index is -0.954. The lowest BCUT2D eigenvalue weighted by molar-refractivity contribution is 0.00384. The van der Waals surface area contributed by atoms with E-state index in [4.69, 9.17) is 5.11 Å². The Morgan fingerprint density at radius 2 is 2.14 bits per heavy atom. The van der Waals surface area contributed by atoms with Gasteiger partial charge in [0.15, 0.2) is 0 Å². The largest absolute Gasteiger partial charge is 0.396 e. The fourth-order valence-corrected chi connectivity index (χ4v) is 1.31. The summed E-state index contributed by atoms with van der Waals surface area (Å²) in [6.45, 7) is 1.68. The summed E-state index contributed by atoms with van der Waals surface area (Å²) in [6, 6.07) is 1.67. The van der Waals surface area contributed by atoms with Crippen molar-refractivity contribution in [1.82, 2.24) is 4.98 Å². The summed E-state index contributed by atoms with van der Waals surface area (Å²) < 4.78 is 0. The minimum Gasteiger partial charge on any atom is -0.396 e. The van der Waals surface area contributed by atoms with Crippen LogP contribution in [0, 0.1) is 6.92 Å². The first kappa shape index (κ1) is 11.1. The Balaban J connectivity index is 2.78. The van der Waals surface area contributed by atoms with Crippen LogP contribution in [0.25, 0.3) is 0 Å². The molecule has 0 amide bonds. The molecule has 1 aromatic rings. The van der Waals surface area contributed by atoms with Crippen molar-refractivity contribution in [2.75, 3.05) is 6.61 Å². The van der Waals surface area contributed by atoms with Gasteiger partial charge in [0.25, 0.3) is 0 Å². The Morgan fingerprint density at radius 1 is 1.43 bits per heavy atom. The van der Waals surface area contributed by atoms with Gasteiger partial charge in [0.2, 0.25) is 0 Å². The average molecular weight is 197 g/mol. The van der Waals surface area contributed by atoms with Gasteiger partial charge in [0.05, 0.1) is 6.10 Å². The van der Waals surface area contributed by atoms with Crippen LogP contribution in [-0.2, 0) is 0 Å². The maximum Gasteiger partial charge on any atom is 0.105 e. The summed E-state index contributed by atoms with van der Waals surface area (Å²) in [4.78, 5) is 3.89. The van der Waals surface area contributed by atoms with Crippen molar-refractivity contribution in [3.05, 3.63) is 29.6 Å². The van der Waals surface area contributed by atoms with Crippen LogP contribution in [-0.4, -0.2) is 33.0 Å². The van der Waals surface area contributed by atoms with Crippen molar-refractivity contribution >= 4 is 0 Å². The molecule has 0 aliphatic carbocycles. The zero-order valence-corrected chi connectivity index (χ0v) is 8.09. The van der Waals surface area contributed by atoms with Gasteiger partial charge < -0.3 is 15.3 Å². The van der Waals surface area contributed by atoms with Gasteiger partial charge in [-0.15, -0.1) is 0 Å². The molecule has 0 aromatic carbocycles. The molecule has 3 N–H and O–H groups in total. The van der Waals surface area contributed by atoms with E-state index < -0.39 is 12.2 Å². The van der Waals surface area contributed by atoms with Crippen LogP contribution in [0.4, 0.5) is 0 Å². The quantitative estimate of drug-likeness (QED) is 0.643. The molecule has 0 bridgehead atoms. The number of aromatic nitrogens is 1. The van der Waals surface area contributed by atoms with Gasteiger partial charge in [-0.25, -0.2) is 0 Å². The molecule has 1 aromatic heterocycles. The molecule has 0 saturated carbocycles. The molecule has 4 nitrogen and oxygen atoms in total. The third-order valence-corrected chi connectivity index (χ3v) is 2.17. The van der Waals surface area contributed by atoms with Crippen LogP contribution in [0.1, 0.15) is 23.7 Å². The summed E-state index contributed by atoms with van der Waals surface area (Å²) in [5.74, 6) is 0. The number of aliphatic hydroxyl groups excluding tert-OH is 3. The van der Waals surface area contributed by atoms with Gasteiger partial charge in [-0.05, 0) is 30.5 Å². The molecule has 2 atom stereocenters. The Labute approximate surface area is 82.9 Å². The van der Waals surface area contributed by atoms with Crippen molar-refractivity contribution in [3.63, 3.8) is 0 Å². The molecule has 0 spiro atoms. The van der Waals surface area contributed by atoms with E-state index in [1.807, 2.05) is 6.92 Å². The van der Waals surface area contributed by atoms with Gasteiger partial charge in [-0.1, -0.05) is 0 Å². The zero-order chi connectivity index (χ0) is 10.6. The molecular formula is C10H15NO3. The third kappa shape index (κ3) is 2.51. The highest BCUT2D eigenvalue weighted by Gasteiger charge is 2.18. The molecule has 4 heteroatoms. The standard InChI is InChI=1S/C10H15NO3/c1-7-6-11-4-2-8(7)10(14)9(13)3-5-12/h2,4,6,9-10,12-14H,3,5H2,1H3. The summed E-state index contributed by atoms with van der Waals surface area (Å²) in [5, 5.41) is 27.8. The lowest BCUT2D eigenvalue weighted by Crippen LogP contribution is -2.20. The molecule has 0 aliphatic rings. The topological polar surface area (TPSA) is 73.6 Å². The third-order valence-electron chi connectivity index (χ3n) is 2.17. The maximum absolute atomic E-state index is 9.71. The average Bonchev–Trinajstić information content (AvgIpc) is 2.18. The van der Waals surface area contributed by atoms with Crippen LogP contribution in [0.3, 0.4) is 0 Å². The minimum absolute atomic E-state index is 0.137. The highest BCUT2D eigenvalue weighted by Crippen LogP contribution is 2.20. The lowest BCUT2D eigenvalue weighted by Gasteiger charge is -2.18. The van der Waals surface area contributed by atoms with Gasteiger partial charge in [0, 0.05) is 19.0 Å². The Hall–Kier alpha value is -0.970. The normalized spacial score (nSPS) is 15.1. The fourth-order valence-electron chi connectivity index (χ4n) is 1.31. The lowest BCUT2D eigenvalue weighted by atomic mass is 10.00. The molecule has 0 fully saturated rings. The first-order valence-electron chi connectivity index (χ1n) is 4.54. The second kappa shape index (κ2) is 5.05. The smallest absolute Gasteiger partial charge is 0.105 e. The number of aliphatic hydroxyl groups is 3. The van der Waals surface area contributed by atoms with Crippen LogP contribution in [0.5, 0.6) is 0 Å². The second-order valence-electron chi connectivity index (χ2n) is 3.26. The fraction of sp³-hybridized carbons (Fsp3) is 0.500. The van der Waals surface area contributed by atoms with E-state index in [0.717, 1.165) is 5.56 Å². The van der Waals surface area contributed by atoms with E-state index in [-0.39, 0.29) is 13.0 Å². The number of aryl methyl sites for hydroxylation is 1. The SMILES string of the molecule is Cc1cnccc1C(O)C(O)CCO. The van der Waals surface area contributed by atoms with Crippen molar-refractivity contribution in [2.45, 2.75) is 25.6 Å². The van der Waals surface area contributed by atoms with Gasteiger partial charge in [-0.3, -0.25) is 4.98 Å². The van der Waals surface area contributed by atoms with Gasteiger partial charge in [-0.2, -0.15) is 0 Å². The molecule has 14 heavy (non-hydrogen) atoms. The molecule has 0 radical (unpaired) electrons. The number of nitrogens with zero attached hydrogens (tertiary/aromatic N) is 1. The van der Waals surface area contributed by atoms with E-state index in [1.54, 1.807) is 18.5 Å². The van der Waals surface area contributed by atoms with E-state index in [9.17, 15) is 10.2 Å². The summed E-state index contributed by atoms with van der Waals surface area (Å²) >= 11 is 0. The van der Waals surface area contributed by atoms with Gasteiger partial charge >= 0.3 is 0 Å². The van der Waals surface area contributed by atoms with Crippen LogP contribution in [0.2, 0.25) is 0 Å². The van der Waals surface area contributed by atoms with Crippen molar-refractivity contribution in [1.29, 1.82) is 0 Å². The molecular weight excluding hydrogens is 182 g/mol. The maximum atomic E-state index is 9.71. The first-order chi connectivity index (χ1) is 6.66. The second-order valence-corrected chi connectivity index (χ2v) is 3.26. The Kier molecular flexibility index (Phi) is 4.00. The Bertz CT molecular complexity index is 290. The number of rotatable bonds is 4. The first-order valence-corrected chi connectivity index (χ1v) is 4.54. The summed E-state index contributed by atoms with van der Waals surface area (Å²) in [5.41, 5.74) is 1.48. The van der Waals surface area contributed by atoms with Crippen LogP contribution >= 0.6 is 0 Å². The molecule has 2 unspecified atom stereocenters. The molecule has 0 aliphatic heterocycles. The summed E-state index contributed by atoms with van der Waals surface area (Å²) in [6.07, 6.45) is 1.48. The van der Waals surface area contributed by atoms with E-state index in [2.05, 4.69) is 4.98 Å². The molecule has 1 heterocycles. The predicted molar refractivity (Wildman–Crippen MR) is 51.6 cm³/mol. The number of pyridine rings is 1. The highest BCUT2D eigenvalue weighted by atomic mass is 16.3. The van der Waals surface area contributed by atoms with Crippen LogP contribution in [0.15, 0.2) is 18.5 Å². The van der Waals surface area contributed by atoms with E-state index in [0.29, 0.717) is 5.56 Å². The zero-order valence-electron chi connectivity index (χ0n) is 8.09. The number of hydrogen-bond donors (Lipinski definition) is 3. The van der Waals surface area contributed by atoms with Crippen LogP contribution < -0.4 is 0 Å². The number of hydrogen-bond acceptors (Lipinski definition) is 4. The summed E-state index contributed by atoms with van der Waals surface area (Å²) in [7, 11) is 0. The van der Waals surface area contributed by atoms with Gasteiger partial charge in [0.1, 0.15) is 6.10 Å². The van der Waals surface area contributed by atoms with E-state index in [1.165, 1.54) is 0 Å².